The van der Waals surface area contributed by atoms with Gasteiger partial charge in [0.15, 0.2) is 0 Å². The molecule has 0 aliphatic carbocycles. The highest BCUT2D eigenvalue weighted by atomic mass is 32.2. The van der Waals surface area contributed by atoms with Gasteiger partial charge in [0.05, 0.1) is 13.5 Å². The van der Waals surface area contributed by atoms with E-state index >= 15 is 0 Å². The van der Waals surface area contributed by atoms with Crippen LogP contribution in [0.4, 0.5) is 0 Å². The highest BCUT2D eigenvalue weighted by molar-refractivity contribution is 8.01. The highest BCUT2D eigenvalue weighted by Crippen LogP contribution is 2.51. The quantitative estimate of drug-likeness (QED) is 0.422. The van der Waals surface area contributed by atoms with Crippen LogP contribution >= 0.6 is 11.8 Å². The monoisotopic (exact) mass is 440 g/mol. The number of nitrogens with zero attached hydrogens (tertiary/aromatic N) is 1. The standard InChI is InChI=1S/C23H24N2O5S/c1-23(2)19(22(28)30-16-11-9-15(29-3)10-12-16)25-20(27)18(21(25)31-23)24-17(26)13-14-7-5-4-6-8-14/h4-12,18-19,21H,13H2,1-3H3,(H,24,26)/t18-,19+,21-/m1/s1. The van der Waals surface area contributed by atoms with E-state index in [0.29, 0.717) is 11.5 Å². The van der Waals surface area contributed by atoms with E-state index < -0.39 is 22.8 Å². The molecule has 3 atom stereocenters. The molecular formula is C23H24N2O5S. The van der Waals surface area contributed by atoms with E-state index in [2.05, 4.69) is 5.32 Å². The summed E-state index contributed by atoms with van der Waals surface area (Å²) in [5.74, 6) is 0.0694. The van der Waals surface area contributed by atoms with Crippen LogP contribution in [0.1, 0.15) is 19.4 Å². The van der Waals surface area contributed by atoms with E-state index in [1.165, 1.54) is 16.7 Å². The number of thioether (sulfide) groups is 1. The van der Waals surface area contributed by atoms with Crippen LogP contribution in [0.15, 0.2) is 54.6 Å². The Bertz CT molecular complexity index is 993. The molecule has 2 saturated heterocycles. The lowest BCUT2D eigenvalue weighted by Gasteiger charge is -2.43. The zero-order valence-electron chi connectivity index (χ0n) is 17.5. The Hall–Kier alpha value is -3.00. The fourth-order valence-electron chi connectivity index (χ4n) is 3.95. The number of ether oxygens (including phenoxy) is 2. The molecule has 0 unspecified atom stereocenters. The van der Waals surface area contributed by atoms with Gasteiger partial charge in [0, 0.05) is 4.75 Å². The van der Waals surface area contributed by atoms with Gasteiger partial charge in [-0.15, -0.1) is 11.8 Å². The third-order valence-electron chi connectivity index (χ3n) is 5.47. The minimum atomic E-state index is -0.737. The first kappa shape index (κ1) is 21.2. The summed E-state index contributed by atoms with van der Waals surface area (Å²) in [4.78, 5) is 39.7. The molecule has 1 N–H and O–H groups in total. The maximum absolute atomic E-state index is 12.9. The van der Waals surface area contributed by atoms with Crippen molar-refractivity contribution in [1.29, 1.82) is 0 Å². The molecule has 0 bridgehead atoms. The number of amides is 2. The molecule has 2 heterocycles. The topological polar surface area (TPSA) is 84.9 Å². The minimum Gasteiger partial charge on any atom is -0.497 e. The summed E-state index contributed by atoms with van der Waals surface area (Å²) in [7, 11) is 1.56. The number of esters is 1. The summed E-state index contributed by atoms with van der Waals surface area (Å²) < 4.78 is 10.1. The Balaban J connectivity index is 1.42. The molecule has 2 fully saturated rings. The fourth-order valence-corrected chi connectivity index (χ4v) is 5.57. The van der Waals surface area contributed by atoms with E-state index in [9.17, 15) is 14.4 Å². The van der Waals surface area contributed by atoms with Gasteiger partial charge in [0.1, 0.15) is 29.0 Å². The normalized spacial score (nSPS) is 23.5. The number of rotatable bonds is 6. The second kappa shape index (κ2) is 8.26. The first-order valence-electron chi connectivity index (χ1n) is 9.99. The van der Waals surface area contributed by atoms with Crippen molar-refractivity contribution < 1.29 is 23.9 Å². The predicted octanol–water partition coefficient (Wildman–Crippen LogP) is 2.39. The van der Waals surface area contributed by atoms with Crippen molar-refractivity contribution in [3.05, 3.63) is 60.2 Å². The van der Waals surface area contributed by atoms with Crippen molar-refractivity contribution in [2.24, 2.45) is 0 Å². The Morgan fingerprint density at radius 1 is 1.06 bits per heavy atom. The van der Waals surface area contributed by atoms with Gasteiger partial charge in [-0.3, -0.25) is 9.59 Å². The molecule has 2 aliphatic rings. The number of fused-ring (bicyclic) bond motifs is 1. The average Bonchev–Trinajstić information content (AvgIpc) is 3.01. The van der Waals surface area contributed by atoms with Crippen LogP contribution in [-0.2, 0) is 20.8 Å². The summed E-state index contributed by atoms with van der Waals surface area (Å²) in [6.45, 7) is 3.82. The lowest BCUT2D eigenvalue weighted by molar-refractivity contribution is -0.159. The number of methoxy groups -OCH3 is 1. The second-order valence-electron chi connectivity index (χ2n) is 8.06. The largest absolute Gasteiger partial charge is 0.497 e. The molecule has 0 aromatic heterocycles. The number of benzene rings is 2. The zero-order valence-corrected chi connectivity index (χ0v) is 18.3. The molecule has 4 rings (SSSR count). The van der Waals surface area contributed by atoms with E-state index in [1.807, 2.05) is 44.2 Å². The smallest absolute Gasteiger partial charge is 0.335 e. The van der Waals surface area contributed by atoms with Crippen molar-refractivity contribution in [1.82, 2.24) is 10.2 Å². The van der Waals surface area contributed by atoms with Crippen LogP contribution in [0.25, 0.3) is 0 Å². The molecule has 162 valence electrons. The van der Waals surface area contributed by atoms with Crippen molar-refractivity contribution in [2.45, 2.75) is 42.5 Å². The minimum absolute atomic E-state index is 0.203. The summed E-state index contributed by atoms with van der Waals surface area (Å²) in [5.41, 5.74) is 0.879. The highest BCUT2D eigenvalue weighted by Gasteiger charge is 2.64. The van der Waals surface area contributed by atoms with E-state index in [0.717, 1.165) is 5.56 Å². The van der Waals surface area contributed by atoms with Crippen LogP contribution in [0, 0.1) is 0 Å². The molecular weight excluding hydrogens is 416 g/mol. The lowest BCUT2D eigenvalue weighted by atomic mass is 9.95. The van der Waals surface area contributed by atoms with Crippen LogP contribution < -0.4 is 14.8 Å². The van der Waals surface area contributed by atoms with E-state index in [1.54, 1.807) is 31.4 Å². The van der Waals surface area contributed by atoms with Crippen LogP contribution in [0.3, 0.4) is 0 Å². The molecule has 2 amide bonds. The number of hydrogen-bond acceptors (Lipinski definition) is 6. The van der Waals surface area contributed by atoms with Crippen molar-refractivity contribution in [2.75, 3.05) is 7.11 Å². The van der Waals surface area contributed by atoms with Gasteiger partial charge < -0.3 is 19.7 Å². The summed E-state index contributed by atoms with van der Waals surface area (Å²) in [5, 5.41) is 2.53. The molecule has 2 aliphatic heterocycles. The third-order valence-corrected chi connectivity index (χ3v) is 7.04. The molecule has 0 radical (unpaired) electrons. The van der Waals surface area contributed by atoms with E-state index in [4.69, 9.17) is 9.47 Å². The number of nitrogens with one attached hydrogen (secondary N) is 1. The molecule has 0 saturated carbocycles. The Morgan fingerprint density at radius 3 is 2.35 bits per heavy atom. The summed E-state index contributed by atoms with van der Waals surface area (Å²) in [6.07, 6.45) is 0.203. The maximum Gasteiger partial charge on any atom is 0.335 e. The number of hydrogen-bond donors (Lipinski definition) is 1. The first-order valence-corrected chi connectivity index (χ1v) is 10.9. The average molecular weight is 441 g/mol. The first-order chi connectivity index (χ1) is 14.8. The Kier molecular flexibility index (Phi) is 5.66. The van der Waals surface area contributed by atoms with Crippen molar-refractivity contribution >= 4 is 29.5 Å². The second-order valence-corrected chi connectivity index (χ2v) is 9.83. The van der Waals surface area contributed by atoms with Gasteiger partial charge in [0.25, 0.3) is 0 Å². The van der Waals surface area contributed by atoms with Crippen molar-refractivity contribution in [3.63, 3.8) is 0 Å². The van der Waals surface area contributed by atoms with Gasteiger partial charge in [-0.1, -0.05) is 30.3 Å². The number of carbonyl (C=O) groups excluding carboxylic acids is 3. The van der Waals surface area contributed by atoms with Crippen LogP contribution in [0.2, 0.25) is 0 Å². The zero-order chi connectivity index (χ0) is 22.2. The molecule has 8 heteroatoms. The third kappa shape index (κ3) is 4.12. The van der Waals surface area contributed by atoms with Gasteiger partial charge in [-0.2, -0.15) is 0 Å². The van der Waals surface area contributed by atoms with Crippen LogP contribution in [-0.4, -0.2) is 52.0 Å². The SMILES string of the molecule is COc1ccc(OC(=O)[C@@H]2N3C(=O)[C@@H](NC(=O)Cc4ccccc4)[C@H]3SC2(C)C)cc1. The van der Waals surface area contributed by atoms with Crippen LogP contribution in [0.5, 0.6) is 11.5 Å². The van der Waals surface area contributed by atoms with Gasteiger partial charge in [-0.05, 0) is 43.7 Å². The Labute approximate surface area is 185 Å². The number of β-lactam (4-membered cyclic amide) rings is 1. The molecule has 2 aromatic carbocycles. The summed E-state index contributed by atoms with van der Waals surface area (Å²) in [6, 6.07) is 14.7. The predicted molar refractivity (Wildman–Crippen MR) is 117 cm³/mol. The molecule has 2 aromatic rings. The molecule has 31 heavy (non-hydrogen) atoms. The maximum atomic E-state index is 12.9. The van der Waals surface area contributed by atoms with Gasteiger partial charge >= 0.3 is 5.97 Å². The number of carbonyl (C=O) groups is 3. The van der Waals surface area contributed by atoms with Gasteiger partial charge in [-0.25, -0.2) is 4.79 Å². The Morgan fingerprint density at radius 2 is 1.71 bits per heavy atom. The van der Waals surface area contributed by atoms with Crippen molar-refractivity contribution in [3.8, 4) is 11.5 Å². The molecule has 0 spiro atoms. The fraction of sp³-hybridized carbons (Fsp3) is 0.348. The lowest BCUT2D eigenvalue weighted by Crippen LogP contribution is -2.71. The van der Waals surface area contributed by atoms with Gasteiger partial charge in [0.2, 0.25) is 11.8 Å². The summed E-state index contributed by atoms with van der Waals surface area (Å²) >= 11 is 1.50. The molecule has 7 nitrogen and oxygen atoms in total. The van der Waals surface area contributed by atoms with E-state index in [-0.39, 0.29) is 23.6 Å².